The van der Waals surface area contributed by atoms with E-state index in [-0.39, 0.29) is 11.7 Å². The van der Waals surface area contributed by atoms with Crippen LogP contribution < -0.4 is 10.7 Å². The first-order valence-electron chi connectivity index (χ1n) is 8.62. The van der Waals surface area contributed by atoms with E-state index in [1.54, 1.807) is 48.5 Å². The zero-order valence-electron chi connectivity index (χ0n) is 15.2. The minimum absolute atomic E-state index is 0.152. The lowest BCUT2D eigenvalue weighted by Gasteiger charge is -2.10. The lowest BCUT2D eigenvalue weighted by Crippen LogP contribution is -2.21. The molecule has 0 bridgehead atoms. The van der Waals surface area contributed by atoms with Crippen molar-refractivity contribution in [1.82, 2.24) is 5.43 Å². The number of nitrogens with zero attached hydrogens (tertiary/aromatic N) is 1. The average molecular weight is 373 g/mol. The summed E-state index contributed by atoms with van der Waals surface area (Å²) in [5.41, 5.74) is 5.42. The highest BCUT2D eigenvalue weighted by Crippen LogP contribution is 2.16. The van der Waals surface area contributed by atoms with Crippen molar-refractivity contribution in [3.63, 3.8) is 0 Å². The zero-order valence-corrected chi connectivity index (χ0v) is 15.2. The number of nitrogens with one attached hydrogen (secondary N) is 2. The summed E-state index contributed by atoms with van der Waals surface area (Å²) in [6.45, 7) is 1.94. The molecule has 28 heavy (non-hydrogen) atoms. The molecule has 0 aliphatic rings. The number of phenolic OH excluding ortho intramolecular Hbond substituents is 1. The van der Waals surface area contributed by atoms with Crippen molar-refractivity contribution in [1.29, 1.82) is 0 Å². The Labute approximate surface area is 162 Å². The summed E-state index contributed by atoms with van der Waals surface area (Å²) in [5, 5.41) is 15.9. The zero-order chi connectivity index (χ0) is 19.9. The van der Waals surface area contributed by atoms with Crippen molar-refractivity contribution >= 4 is 23.7 Å². The SMILES string of the molecule is Cc1ccc(C(=O)Nc2ccccc2C(=O)N/N=C\c2ccc(O)cc2)cc1. The first-order chi connectivity index (χ1) is 13.5. The molecule has 6 heteroatoms. The molecule has 2 amide bonds. The molecule has 0 aliphatic heterocycles. The highest BCUT2D eigenvalue weighted by molar-refractivity contribution is 6.09. The minimum atomic E-state index is -0.449. The average Bonchev–Trinajstić information content (AvgIpc) is 2.70. The number of aryl methyl sites for hydroxylation is 1. The molecule has 0 heterocycles. The summed E-state index contributed by atoms with van der Waals surface area (Å²) in [6.07, 6.45) is 1.46. The maximum absolute atomic E-state index is 12.5. The summed E-state index contributed by atoms with van der Waals surface area (Å²) in [4.78, 5) is 24.9. The van der Waals surface area contributed by atoms with Gasteiger partial charge in [0.15, 0.2) is 0 Å². The van der Waals surface area contributed by atoms with Gasteiger partial charge < -0.3 is 10.4 Å². The number of hydrogen-bond donors (Lipinski definition) is 3. The van der Waals surface area contributed by atoms with E-state index in [9.17, 15) is 14.7 Å². The van der Waals surface area contributed by atoms with Gasteiger partial charge in [-0.2, -0.15) is 5.10 Å². The van der Waals surface area contributed by atoms with Crippen LogP contribution in [0.2, 0.25) is 0 Å². The number of anilines is 1. The fourth-order valence-electron chi connectivity index (χ4n) is 2.48. The van der Waals surface area contributed by atoms with Crippen molar-refractivity contribution in [2.24, 2.45) is 5.10 Å². The number of para-hydroxylation sites is 1. The standard InChI is InChI=1S/C22H19N3O3/c1-15-6-10-17(11-7-15)21(27)24-20-5-3-2-4-19(20)22(28)25-23-14-16-8-12-18(26)13-9-16/h2-14,26H,1H3,(H,24,27)(H,25,28)/b23-14-. The van der Waals surface area contributed by atoms with Gasteiger partial charge in [0.1, 0.15) is 5.75 Å². The number of carbonyl (C=O) groups is 2. The smallest absolute Gasteiger partial charge is 0.273 e. The van der Waals surface area contributed by atoms with E-state index < -0.39 is 5.91 Å². The van der Waals surface area contributed by atoms with E-state index in [2.05, 4.69) is 15.8 Å². The van der Waals surface area contributed by atoms with Gasteiger partial charge in [-0.1, -0.05) is 29.8 Å². The van der Waals surface area contributed by atoms with E-state index in [1.807, 2.05) is 19.1 Å². The molecule has 0 spiro atoms. The maximum atomic E-state index is 12.5. The Bertz CT molecular complexity index is 1010. The van der Waals surface area contributed by atoms with Crippen molar-refractivity contribution in [3.05, 3.63) is 95.1 Å². The van der Waals surface area contributed by atoms with Crippen LogP contribution in [0.3, 0.4) is 0 Å². The second-order valence-corrected chi connectivity index (χ2v) is 6.16. The molecule has 0 aromatic heterocycles. The molecule has 0 fully saturated rings. The van der Waals surface area contributed by atoms with E-state index in [0.717, 1.165) is 11.1 Å². The van der Waals surface area contributed by atoms with Crippen LogP contribution in [0, 0.1) is 6.92 Å². The first kappa shape index (κ1) is 18.8. The second kappa shape index (κ2) is 8.64. The van der Waals surface area contributed by atoms with Gasteiger partial charge in [0.05, 0.1) is 17.5 Å². The van der Waals surface area contributed by atoms with E-state index in [4.69, 9.17) is 0 Å². The third-order valence-corrected chi connectivity index (χ3v) is 4.01. The monoisotopic (exact) mass is 373 g/mol. The number of hydrogen-bond acceptors (Lipinski definition) is 4. The number of carbonyl (C=O) groups excluding carboxylic acids is 2. The normalized spacial score (nSPS) is 10.6. The molecule has 3 N–H and O–H groups in total. The highest BCUT2D eigenvalue weighted by atomic mass is 16.3. The van der Waals surface area contributed by atoms with Crippen molar-refractivity contribution < 1.29 is 14.7 Å². The third-order valence-electron chi connectivity index (χ3n) is 4.01. The molecule has 0 radical (unpaired) electrons. The van der Waals surface area contributed by atoms with Crippen molar-refractivity contribution in [2.45, 2.75) is 6.92 Å². The Kier molecular flexibility index (Phi) is 5.81. The number of phenols is 1. The summed E-state index contributed by atoms with van der Waals surface area (Å²) >= 11 is 0. The molecule has 3 aromatic carbocycles. The Morgan fingerprint density at radius 3 is 2.29 bits per heavy atom. The quantitative estimate of drug-likeness (QED) is 0.470. The summed E-state index contributed by atoms with van der Waals surface area (Å²) in [5.74, 6) is -0.595. The number of benzene rings is 3. The van der Waals surface area contributed by atoms with E-state index >= 15 is 0 Å². The van der Waals surface area contributed by atoms with Gasteiger partial charge in [-0.05, 0) is 61.0 Å². The minimum Gasteiger partial charge on any atom is -0.508 e. The first-order valence-corrected chi connectivity index (χ1v) is 8.62. The van der Waals surface area contributed by atoms with Crippen LogP contribution in [-0.4, -0.2) is 23.1 Å². The Balaban J connectivity index is 1.70. The summed E-state index contributed by atoms with van der Waals surface area (Å²) in [7, 11) is 0. The lowest BCUT2D eigenvalue weighted by molar-refractivity contribution is 0.0956. The number of rotatable bonds is 5. The van der Waals surface area contributed by atoms with Crippen LogP contribution in [0.15, 0.2) is 77.9 Å². The predicted octanol–water partition coefficient (Wildman–Crippen LogP) is 3.72. The van der Waals surface area contributed by atoms with Crippen molar-refractivity contribution in [3.8, 4) is 5.75 Å². The Morgan fingerprint density at radius 2 is 1.57 bits per heavy atom. The largest absolute Gasteiger partial charge is 0.508 e. The van der Waals surface area contributed by atoms with Gasteiger partial charge in [-0.25, -0.2) is 5.43 Å². The van der Waals surface area contributed by atoms with Gasteiger partial charge in [0.2, 0.25) is 0 Å². The van der Waals surface area contributed by atoms with Crippen LogP contribution in [0.5, 0.6) is 5.75 Å². The second-order valence-electron chi connectivity index (χ2n) is 6.16. The molecule has 140 valence electrons. The van der Waals surface area contributed by atoms with Crippen LogP contribution in [0.4, 0.5) is 5.69 Å². The summed E-state index contributed by atoms with van der Waals surface area (Å²) in [6, 6.07) is 20.3. The molecule has 0 atom stereocenters. The van der Waals surface area contributed by atoms with E-state index in [1.165, 1.54) is 18.3 Å². The van der Waals surface area contributed by atoms with Crippen LogP contribution >= 0.6 is 0 Å². The number of hydrazone groups is 1. The third kappa shape index (κ3) is 4.82. The number of amides is 2. The molecule has 3 rings (SSSR count). The molecule has 0 saturated heterocycles. The molecule has 0 unspecified atom stereocenters. The molecule has 3 aromatic rings. The fraction of sp³-hybridized carbons (Fsp3) is 0.0455. The highest BCUT2D eigenvalue weighted by Gasteiger charge is 2.13. The van der Waals surface area contributed by atoms with Crippen molar-refractivity contribution in [2.75, 3.05) is 5.32 Å². The molecule has 0 aliphatic carbocycles. The summed E-state index contributed by atoms with van der Waals surface area (Å²) < 4.78 is 0. The fourth-order valence-corrected chi connectivity index (χ4v) is 2.48. The number of aromatic hydroxyl groups is 1. The topological polar surface area (TPSA) is 90.8 Å². The van der Waals surface area contributed by atoms with Gasteiger partial charge in [-0.3, -0.25) is 9.59 Å². The Morgan fingerprint density at radius 1 is 0.893 bits per heavy atom. The van der Waals surface area contributed by atoms with Crippen LogP contribution in [0.25, 0.3) is 0 Å². The van der Waals surface area contributed by atoms with E-state index in [0.29, 0.717) is 16.8 Å². The molecular weight excluding hydrogens is 354 g/mol. The lowest BCUT2D eigenvalue weighted by atomic mass is 10.1. The van der Waals surface area contributed by atoms with Gasteiger partial charge in [-0.15, -0.1) is 0 Å². The molecular formula is C22H19N3O3. The van der Waals surface area contributed by atoms with Crippen LogP contribution in [-0.2, 0) is 0 Å². The molecule has 6 nitrogen and oxygen atoms in total. The van der Waals surface area contributed by atoms with Gasteiger partial charge >= 0.3 is 0 Å². The van der Waals surface area contributed by atoms with Crippen LogP contribution in [0.1, 0.15) is 31.8 Å². The Hall–Kier alpha value is -3.93. The maximum Gasteiger partial charge on any atom is 0.273 e. The molecule has 0 saturated carbocycles. The van der Waals surface area contributed by atoms with Gasteiger partial charge in [0.25, 0.3) is 11.8 Å². The van der Waals surface area contributed by atoms with Gasteiger partial charge in [0, 0.05) is 5.56 Å². The predicted molar refractivity (Wildman–Crippen MR) is 109 cm³/mol.